The van der Waals surface area contributed by atoms with Crippen LogP contribution < -0.4 is 0 Å². The van der Waals surface area contributed by atoms with Gasteiger partial charge in [-0.25, -0.2) is 0 Å². The molecule has 0 atom stereocenters. The van der Waals surface area contributed by atoms with Crippen molar-refractivity contribution in [3.8, 4) is 0 Å². The Morgan fingerprint density at radius 2 is 0.750 bits per heavy atom. The summed E-state index contributed by atoms with van der Waals surface area (Å²) in [5, 5.41) is 0. The molecule has 0 unspecified atom stereocenters. The molecule has 0 saturated carbocycles. The maximum atomic E-state index is 4.83. The van der Waals surface area contributed by atoms with Gasteiger partial charge >= 0.3 is 0 Å². The topological polar surface area (TPSA) is 0 Å². The van der Waals surface area contributed by atoms with Crippen molar-refractivity contribution in [2.45, 2.75) is 10.7 Å². The fourth-order valence-corrected chi connectivity index (χ4v) is 0. The second-order valence-electron chi connectivity index (χ2n) is 0.429. The van der Waals surface area contributed by atoms with Crippen LogP contribution in [0.3, 0.4) is 0 Å². The van der Waals surface area contributed by atoms with Crippen LogP contribution in [0, 0.1) is 0 Å². The molecule has 0 radical (unpaired) electrons. The Hall–Kier alpha value is 1.74. The number of alkyl halides is 4. The van der Waals surface area contributed by atoms with Crippen LogP contribution in [-0.4, -0.2) is 3.25 Å². The van der Waals surface area contributed by atoms with Crippen molar-refractivity contribution in [3.05, 3.63) is 0 Å². The Labute approximate surface area is 81.6 Å². The first-order chi connectivity index (χ1) is 2.00. The van der Waals surface area contributed by atoms with Crippen LogP contribution in [0.2, 0.25) is 0 Å². The van der Waals surface area contributed by atoms with Crippen molar-refractivity contribution in [2.75, 3.05) is 0 Å². The molecule has 0 aromatic heterocycles. The Morgan fingerprint density at radius 3 is 0.750 bits per heavy atom. The molecule has 0 saturated heterocycles. The third-order valence-corrected chi connectivity index (χ3v) is 0. The van der Waals surface area contributed by atoms with Crippen molar-refractivity contribution in [1.82, 2.24) is 0 Å². The number of halogens is 6. The van der Waals surface area contributed by atoms with Gasteiger partial charge in [0.15, 0.2) is 0 Å². The highest BCUT2D eigenvalue weighted by Crippen LogP contribution is 2.29. The lowest BCUT2D eigenvalue weighted by Gasteiger charge is -1.91. The first-order valence-corrected chi connectivity index (χ1v) is 2.27. The predicted octanol–water partition coefficient (Wildman–Crippen LogP) is 4.03. The lowest BCUT2D eigenvalue weighted by atomic mass is 11.8. The molecule has 6 heteroatoms. The maximum absolute atomic E-state index is 4.83. The molecule has 0 nitrogen and oxygen atoms in total. The molecule has 0 aromatic rings. The molecule has 0 N–H and O–H groups in total. The van der Waals surface area contributed by atoms with Crippen molar-refractivity contribution in [1.29, 1.82) is 0 Å². The smallest absolute Gasteiger partial charge is 0.147 e. The van der Waals surface area contributed by atoms with Gasteiger partial charge in [0.05, 0.1) is 0 Å². The van der Waals surface area contributed by atoms with Crippen LogP contribution in [0.5, 0.6) is 0 Å². The monoisotopic (exact) mass is 240 g/mol. The highest BCUT2D eigenvalue weighted by Gasteiger charge is 2.11. The Morgan fingerprint density at radius 1 is 0.750 bits per heavy atom. The molecule has 0 heterocycles. The van der Waals surface area contributed by atoms with Gasteiger partial charge < -0.3 is 0 Å². The van der Waals surface area contributed by atoms with Crippen molar-refractivity contribution in [3.63, 3.8) is 0 Å². The zero-order valence-electron chi connectivity index (χ0n) is 2.83. The molecule has 0 spiro atoms. The molecule has 0 aliphatic heterocycles. The number of hydrogen-bond acceptors (Lipinski definition) is 0. The van der Waals surface area contributed by atoms with Gasteiger partial charge in [-0.3, -0.25) is 0 Å². The molecule has 56 valence electrons. The molecule has 0 aromatic carbocycles. The molecule has 0 aliphatic carbocycles. The van der Waals surface area contributed by atoms with Gasteiger partial charge in [-0.1, -0.05) is 53.8 Å². The molecule has 0 amide bonds. The fourth-order valence-electron chi connectivity index (χ4n) is 0. The van der Waals surface area contributed by atoms with Crippen LogP contribution >= 0.6 is 71.2 Å². The van der Waals surface area contributed by atoms with E-state index in [0.29, 0.717) is 0 Å². The average molecular weight is 243 g/mol. The first kappa shape index (κ1) is 22.6. The highest BCUT2D eigenvalue weighted by molar-refractivity contribution is 6.83. The highest BCUT2D eigenvalue weighted by atomic mass is 35.6. The van der Waals surface area contributed by atoms with Crippen LogP contribution in [-0.2, 0) is 0 Å². The summed E-state index contributed by atoms with van der Waals surface area (Å²) in [5.41, 5.74) is 0. The lowest BCUT2D eigenvalue weighted by molar-refractivity contribution is 1.76. The zero-order chi connectivity index (χ0) is 4.50. The average Bonchev–Trinajstić information content (AvgIpc) is 0.722. The van der Waals surface area contributed by atoms with Crippen LogP contribution in [0.1, 0.15) is 7.43 Å². The third-order valence-electron chi connectivity index (χ3n) is 0. The summed E-state index contributed by atoms with van der Waals surface area (Å²) in [4.78, 5) is 0. The number of hydrogen-bond donors (Lipinski definition) is 0. The summed E-state index contributed by atoms with van der Waals surface area (Å²) in [6.07, 6.45) is 0. The number of rotatable bonds is 0. The van der Waals surface area contributed by atoms with Gasteiger partial charge in [0, 0.05) is 0 Å². The van der Waals surface area contributed by atoms with Crippen molar-refractivity contribution in [2.24, 2.45) is 0 Å². The van der Waals surface area contributed by atoms with Crippen LogP contribution in [0.15, 0.2) is 0 Å². The lowest BCUT2D eigenvalue weighted by Crippen LogP contribution is -1.81. The summed E-state index contributed by atoms with van der Waals surface area (Å²) in [6, 6.07) is 0. The largest absolute Gasteiger partial charge is 0.266 e. The molecule has 0 rings (SSSR count). The van der Waals surface area contributed by atoms with E-state index in [9.17, 15) is 0 Å². The van der Waals surface area contributed by atoms with Crippen LogP contribution in [0.4, 0.5) is 0 Å². The molecular weight excluding hydrogens is 237 g/mol. The van der Waals surface area contributed by atoms with Gasteiger partial charge in [-0.05, 0) is 0 Å². The summed E-state index contributed by atoms with van der Waals surface area (Å²) >= 11 is 19.3. The van der Waals surface area contributed by atoms with E-state index in [1.54, 1.807) is 0 Å². The standard InChI is InChI=1S/CCl4.CH4.2ClH/c2-1(3,4)5;;;/h;1H4;2*1H. The summed E-state index contributed by atoms with van der Waals surface area (Å²) in [7, 11) is 0. The molecule has 0 aliphatic rings. The van der Waals surface area contributed by atoms with Crippen molar-refractivity contribution < 1.29 is 0 Å². The van der Waals surface area contributed by atoms with E-state index < -0.39 is 3.25 Å². The van der Waals surface area contributed by atoms with E-state index in [4.69, 9.17) is 46.4 Å². The normalized spacial score (nSPS) is 7.50. The minimum atomic E-state index is -1.61. The summed E-state index contributed by atoms with van der Waals surface area (Å²) in [6.45, 7) is 0. The molecule has 8 heavy (non-hydrogen) atoms. The molecule has 0 fully saturated rings. The van der Waals surface area contributed by atoms with Gasteiger partial charge in [0.1, 0.15) is 0 Å². The van der Waals surface area contributed by atoms with E-state index in [-0.39, 0.29) is 32.2 Å². The van der Waals surface area contributed by atoms with E-state index >= 15 is 0 Å². The summed E-state index contributed by atoms with van der Waals surface area (Å²) < 4.78 is -1.61. The van der Waals surface area contributed by atoms with E-state index in [2.05, 4.69) is 0 Å². The van der Waals surface area contributed by atoms with Gasteiger partial charge in [0.25, 0.3) is 3.25 Å². The predicted molar refractivity (Wildman–Crippen MR) is 47.4 cm³/mol. The van der Waals surface area contributed by atoms with E-state index in [0.717, 1.165) is 0 Å². The first-order valence-electron chi connectivity index (χ1n) is 0.756. The van der Waals surface area contributed by atoms with Gasteiger partial charge in [-0.15, -0.1) is 24.8 Å². The third kappa shape index (κ3) is 116. The zero-order valence-corrected chi connectivity index (χ0v) is 7.49. The Kier molecular flexibility index (Phi) is 24.7. The second-order valence-corrected chi connectivity index (χ2v) is 3.86. The molecule has 0 bridgehead atoms. The Balaban J connectivity index is -0.0000000267. The Bertz CT molecular complexity index is 22.0. The van der Waals surface area contributed by atoms with Crippen molar-refractivity contribution >= 4 is 71.2 Å². The van der Waals surface area contributed by atoms with Crippen LogP contribution in [0.25, 0.3) is 0 Å². The SMILES string of the molecule is C.Cl.Cl.ClC(Cl)(Cl)Cl. The van der Waals surface area contributed by atoms with E-state index in [1.807, 2.05) is 0 Å². The summed E-state index contributed by atoms with van der Waals surface area (Å²) in [5.74, 6) is 0. The fraction of sp³-hybridized carbons (Fsp3) is 1.00. The second kappa shape index (κ2) is 8.74. The van der Waals surface area contributed by atoms with E-state index in [1.165, 1.54) is 0 Å². The maximum Gasteiger partial charge on any atom is 0.266 e. The molecular formula is C2H6Cl6. The van der Waals surface area contributed by atoms with Gasteiger partial charge in [0.2, 0.25) is 0 Å². The minimum Gasteiger partial charge on any atom is -0.147 e. The minimum absolute atomic E-state index is 0. The quantitative estimate of drug-likeness (QED) is 0.563. The van der Waals surface area contributed by atoms with Gasteiger partial charge in [-0.2, -0.15) is 0 Å².